The van der Waals surface area contributed by atoms with Crippen LogP contribution < -0.4 is 0 Å². The van der Waals surface area contributed by atoms with Crippen molar-refractivity contribution in [2.75, 3.05) is 0 Å². The van der Waals surface area contributed by atoms with E-state index in [2.05, 4.69) is 20.8 Å². The molecule has 0 saturated heterocycles. The molecule has 0 saturated carbocycles. The lowest BCUT2D eigenvalue weighted by Crippen LogP contribution is -1.66. The molecule has 1 aromatic carbocycles. The van der Waals surface area contributed by atoms with Crippen molar-refractivity contribution in [3.63, 3.8) is 0 Å². The standard InChI is InChI=1S/C6H6.C4H10.C2H6.B/c1-2-4-6-5-3-1;1-4(2)3;1-2;/h1-6H;4H,1-3H3;1-2H3;. The maximum atomic E-state index is 2.17. The normalized spacial score (nSPS) is 6.92. The van der Waals surface area contributed by atoms with E-state index in [0.717, 1.165) is 5.92 Å². The lowest BCUT2D eigenvalue weighted by Gasteiger charge is -1.79. The van der Waals surface area contributed by atoms with Crippen molar-refractivity contribution in [1.29, 1.82) is 0 Å². The molecule has 0 spiro atoms. The molecule has 0 nitrogen and oxygen atoms in total. The molecule has 1 aromatic rings. The fourth-order valence-electron chi connectivity index (χ4n) is 0.385. The van der Waals surface area contributed by atoms with Crippen LogP contribution in [0.5, 0.6) is 0 Å². The molecule has 0 aliphatic carbocycles. The summed E-state index contributed by atoms with van der Waals surface area (Å²) in [6.45, 7) is 10.5. The van der Waals surface area contributed by atoms with E-state index >= 15 is 0 Å². The van der Waals surface area contributed by atoms with Crippen LogP contribution in [0.3, 0.4) is 0 Å². The summed E-state index contributed by atoms with van der Waals surface area (Å²) in [6, 6.07) is 12.0. The number of rotatable bonds is 0. The van der Waals surface area contributed by atoms with Crippen LogP contribution in [0.4, 0.5) is 0 Å². The van der Waals surface area contributed by atoms with Gasteiger partial charge in [-0.3, -0.25) is 0 Å². The van der Waals surface area contributed by atoms with Crippen LogP contribution in [0, 0.1) is 5.92 Å². The van der Waals surface area contributed by atoms with Gasteiger partial charge in [-0.1, -0.05) is 71.0 Å². The van der Waals surface area contributed by atoms with E-state index in [0.29, 0.717) is 0 Å². The molecule has 0 amide bonds. The monoisotopic (exact) mass is 177 g/mol. The van der Waals surface area contributed by atoms with E-state index in [1.165, 1.54) is 0 Å². The van der Waals surface area contributed by atoms with Gasteiger partial charge in [0, 0.05) is 8.41 Å². The second kappa shape index (κ2) is 17.4. The number of hydrogen-bond donors (Lipinski definition) is 0. The summed E-state index contributed by atoms with van der Waals surface area (Å²) in [5.41, 5.74) is 0. The van der Waals surface area contributed by atoms with Gasteiger partial charge in [-0.15, -0.1) is 0 Å². The second-order valence-electron chi connectivity index (χ2n) is 2.89. The molecule has 0 unspecified atom stereocenters. The molecule has 73 valence electrons. The van der Waals surface area contributed by atoms with Crippen LogP contribution >= 0.6 is 0 Å². The predicted molar refractivity (Wildman–Crippen MR) is 64.1 cm³/mol. The van der Waals surface area contributed by atoms with Crippen LogP contribution in [-0.2, 0) is 0 Å². The Hall–Kier alpha value is -0.715. The summed E-state index contributed by atoms with van der Waals surface area (Å²) in [5.74, 6) is 0.833. The molecule has 0 bridgehead atoms. The minimum atomic E-state index is 0. The summed E-state index contributed by atoms with van der Waals surface area (Å²) in [4.78, 5) is 0. The summed E-state index contributed by atoms with van der Waals surface area (Å²) >= 11 is 0. The third-order valence-electron chi connectivity index (χ3n) is 0.667. The van der Waals surface area contributed by atoms with Crippen molar-refractivity contribution in [3.05, 3.63) is 36.4 Å². The van der Waals surface area contributed by atoms with Crippen LogP contribution in [0.2, 0.25) is 0 Å². The molecule has 13 heavy (non-hydrogen) atoms. The van der Waals surface area contributed by atoms with Gasteiger partial charge in [0.25, 0.3) is 0 Å². The van der Waals surface area contributed by atoms with Gasteiger partial charge in [-0.05, 0) is 5.92 Å². The zero-order chi connectivity index (χ0) is 9.82. The van der Waals surface area contributed by atoms with Crippen LogP contribution in [-0.4, -0.2) is 8.41 Å². The van der Waals surface area contributed by atoms with Gasteiger partial charge in [-0.2, -0.15) is 0 Å². The molecule has 1 heteroatoms. The quantitative estimate of drug-likeness (QED) is 0.525. The van der Waals surface area contributed by atoms with Crippen LogP contribution in [0.15, 0.2) is 36.4 Å². The maximum absolute atomic E-state index is 2.17. The molecule has 0 atom stereocenters. The third kappa shape index (κ3) is 34.8. The summed E-state index contributed by atoms with van der Waals surface area (Å²) < 4.78 is 0. The molecular weight excluding hydrogens is 155 g/mol. The minimum absolute atomic E-state index is 0. The molecule has 1 rings (SSSR count). The Morgan fingerprint density at radius 1 is 0.615 bits per heavy atom. The van der Waals surface area contributed by atoms with E-state index in [4.69, 9.17) is 0 Å². The molecular formula is C12H22B. The first-order valence-corrected chi connectivity index (χ1v) is 4.73. The molecule has 0 fully saturated rings. The predicted octanol–water partition coefficient (Wildman–Crippen LogP) is 3.99. The SMILES string of the molecule is CC.CC(C)C.[B].c1ccccc1. The highest BCUT2D eigenvalue weighted by atomic mass is 13.7. The third-order valence-corrected chi connectivity index (χ3v) is 0.667. The van der Waals surface area contributed by atoms with Crippen molar-refractivity contribution < 1.29 is 0 Å². The van der Waals surface area contributed by atoms with Gasteiger partial charge in [0.2, 0.25) is 0 Å². The van der Waals surface area contributed by atoms with Gasteiger partial charge >= 0.3 is 0 Å². The van der Waals surface area contributed by atoms with Gasteiger partial charge in [-0.25, -0.2) is 0 Å². The molecule has 0 aliphatic rings. The zero-order valence-electron chi connectivity index (χ0n) is 9.62. The topological polar surface area (TPSA) is 0 Å². The summed E-state index contributed by atoms with van der Waals surface area (Å²) in [7, 11) is 0. The van der Waals surface area contributed by atoms with E-state index in [1.807, 2.05) is 50.2 Å². The summed E-state index contributed by atoms with van der Waals surface area (Å²) in [6.07, 6.45) is 0. The molecule has 3 radical (unpaired) electrons. The van der Waals surface area contributed by atoms with Crippen molar-refractivity contribution in [2.24, 2.45) is 5.92 Å². The van der Waals surface area contributed by atoms with Crippen molar-refractivity contribution in [1.82, 2.24) is 0 Å². The van der Waals surface area contributed by atoms with Gasteiger partial charge < -0.3 is 0 Å². The van der Waals surface area contributed by atoms with Crippen molar-refractivity contribution in [3.8, 4) is 0 Å². The highest BCUT2D eigenvalue weighted by Crippen LogP contribution is 1.81. The van der Waals surface area contributed by atoms with E-state index < -0.39 is 0 Å². The average Bonchev–Trinajstić information content (AvgIpc) is 2.10. The number of hydrogen-bond acceptors (Lipinski definition) is 0. The van der Waals surface area contributed by atoms with E-state index in [-0.39, 0.29) is 8.41 Å². The Balaban J connectivity index is -0.000000128. The molecule has 0 aliphatic heterocycles. The first kappa shape index (κ1) is 18.1. The van der Waals surface area contributed by atoms with Gasteiger partial charge in [0.15, 0.2) is 0 Å². The Labute approximate surface area is 86.0 Å². The highest BCUT2D eigenvalue weighted by Gasteiger charge is 1.68. The molecule has 0 aromatic heterocycles. The lowest BCUT2D eigenvalue weighted by atomic mass is 10.3. The smallest absolute Gasteiger partial charge is 0 e. The first-order valence-electron chi connectivity index (χ1n) is 4.73. The van der Waals surface area contributed by atoms with Gasteiger partial charge in [0.05, 0.1) is 0 Å². The Morgan fingerprint density at radius 3 is 0.769 bits per heavy atom. The summed E-state index contributed by atoms with van der Waals surface area (Å²) in [5, 5.41) is 0. The minimum Gasteiger partial charge on any atom is -0.0683 e. The fourth-order valence-corrected chi connectivity index (χ4v) is 0.385. The Kier molecular flexibility index (Phi) is 24.3. The van der Waals surface area contributed by atoms with Crippen molar-refractivity contribution in [2.45, 2.75) is 34.6 Å². The largest absolute Gasteiger partial charge is 0.0683 e. The highest BCUT2D eigenvalue weighted by molar-refractivity contribution is 5.75. The van der Waals surface area contributed by atoms with Crippen LogP contribution in [0.25, 0.3) is 0 Å². The second-order valence-corrected chi connectivity index (χ2v) is 2.89. The molecule has 0 N–H and O–H groups in total. The van der Waals surface area contributed by atoms with Crippen LogP contribution in [0.1, 0.15) is 34.6 Å². The first-order chi connectivity index (χ1) is 5.73. The Bertz CT molecular complexity index is 106. The average molecular weight is 177 g/mol. The number of benzene rings is 1. The molecule has 0 heterocycles. The van der Waals surface area contributed by atoms with E-state index in [9.17, 15) is 0 Å². The fraction of sp³-hybridized carbons (Fsp3) is 0.500. The Morgan fingerprint density at radius 2 is 0.692 bits per heavy atom. The maximum Gasteiger partial charge on any atom is 0 e. The van der Waals surface area contributed by atoms with Gasteiger partial charge in [0.1, 0.15) is 0 Å². The van der Waals surface area contributed by atoms with E-state index in [1.54, 1.807) is 0 Å². The van der Waals surface area contributed by atoms with Crippen molar-refractivity contribution >= 4 is 8.41 Å². The lowest BCUT2D eigenvalue weighted by molar-refractivity contribution is 0.737. The zero-order valence-corrected chi connectivity index (χ0v) is 9.62.